The fourth-order valence-electron chi connectivity index (χ4n) is 1.93. The zero-order valence-corrected chi connectivity index (χ0v) is 11.7. The van der Waals surface area contributed by atoms with Crippen LogP contribution < -0.4 is 11.1 Å². The van der Waals surface area contributed by atoms with Crippen molar-refractivity contribution in [2.45, 2.75) is 46.5 Å². The van der Waals surface area contributed by atoms with Crippen molar-refractivity contribution < 1.29 is 0 Å². The first kappa shape index (κ1) is 14.8. The largest absolute Gasteiger partial charge is 0.353 e. The van der Waals surface area contributed by atoms with E-state index in [0.717, 1.165) is 50.2 Å². The number of aromatic nitrogens is 3. The minimum Gasteiger partial charge on any atom is -0.353 e. The van der Waals surface area contributed by atoms with Crippen molar-refractivity contribution >= 4 is 5.95 Å². The summed E-state index contributed by atoms with van der Waals surface area (Å²) in [5.74, 6) is 1.22. The van der Waals surface area contributed by atoms with Crippen molar-refractivity contribution in [1.29, 1.82) is 0 Å². The molecule has 0 spiro atoms. The summed E-state index contributed by atoms with van der Waals surface area (Å²) in [6.07, 6.45) is 3.93. The first-order valence-electron chi connectivity index (χ1n) is 6.91. The Balaban J connectivity index is 2.61. The molecule has 0 saturated carbocycles. The van der Waals surface area contributed by atoms with E-state index < -0.39 is 0 Å². The van der Waals surface area contributed by atoms with E-state index in [4.69, 9.17) is 5.73 Å². The second kappa shape index (κ2) is 7.97. The third kappa shape index (κ3) is 4.22. The smallest absolute Gasteiger partial charge is 0.242 e. The molecule has 0 aliphatic rings. The number of aryl methyl sites for hydroxylation is 2. The maximum atomic E-state index is 5.59. The Morgan fingerprint density at radius 1 is 1.11 bits per heavy atom. The molecule has 0 bridgehead atoms. The highest BCUT2D eigenvalue weighted by molar-refractivity contribution is 5.25. The molecule has 1 unspecified atom stereocenters. The van der Waals surface area contributed by atoms with Crippen LogP contribution in [0.2, 0.25) is 0 Å². The lowest BCUT2D eigenvalue weighted by molar-refractivity contribution is 0.499. The zero-order chi connectivity index (χ0) is 13.4. The minimum absolute atomic E-state index is 0.578. The van der Waals surface area contributed by atoms with Crippen LogP contribution in [0.4, 0.5) is 5.95 Å². The van der Waals surface area contributed by atoms with Crippen LogP contribution in [0.3, 0.4) is 0 Å². The summed E-state index contributed by atoms with van der Waals surface area (Å²) < 4.78 is 0. The molecule has 0 fully saturated rings. The molecule has 0 aliphatic carbocycles. The van der Waals surface area contributed by atoms with Crippen molar-refractivity contribution in [2.75, 3.05) is 18.4 Å². The van der Waals surface area contributed by atoms with Gasteiger partial charge in [-0.1, -0.05) is 27.2 Å². The Bertz CT molecular complexity index is 353. The first-order chi connectivity index (χ1) is 8.74. The predicted octanol–water partition coefficient (Wildman–Crippen LogP) is 1.78. The molecule has 1 rings (SSSR count). The van der Waals surface area contributed by atoms with Gasteiger partial charge in [-0.05, 0) is 31.7 Å². The molecule has 1 heterocycles. The van der Waals surface area contributed by atoms with E-state index in [9.17, 15) is 0 Å². The summed E-state index contributed by atoms with van der Waals surface area (Å²) in [6.45, 7) is 7.94. The first-order valence-corrected chi connectivity index (χ1v) is 6.91. The third-order valence-electron chi connectivity index (χ3n) is 3.21. The van der Waals surface area contributed by atoms with Crippen molar-refractivity contribution in [1.82, 2.24) is 15.2 Å². The van der Waals surface area contributed by atoms with Crippen LogP contribution in [0.1, 0.15) is 45.0 Å². The highest BCUT2D eigenvalue weighted by atomic mass is 15.2. The molecule has 0 radical (unpaired) electrons. The predicted molar refractivity (Wildman–Crippen MR) is 74.5 cm³/mol. The van der Waals surface area contributed by atoms with Crippen LogP contribution in [-0.4, -0.2) is 28.3 Å². The number of hydrogen-bond acceptors (Lipinski definition) is 5. The highest BCUT2D eigenvalue weighted by Crippen LogP contribution is 2.10. The maximum Gasteiger partial charge on any atom is 0.242 e. The van der Waals surface area contributed by atoms with Gasteiger partial charge >= 0.3 is 0 Å². The molecule has 0 aliphatic heterocycles. The quantitative estimate of drug-likeness (QED) is 0.736. The SMILES string of the molecule is CCc1nnc(NCC(CC)CCN)nc1CC. The van der Waals surface area contributed by atoms with Crippen LogP contribution in [0.15, 0.2) is 0 Å². The molecule has 5 nitrogen and oxygen atoms in total. The number of nitrogens with one attached hydrogen (secondary N) is 1. The lowest BCUT2D eigenvalue weighted by atomic mass is 10.0. The van der Waals surface area contributed by atoms with E-state index in [1.54, 1.807) is 0 Å². The topological polar surface area (TPSA) is 76.7 Å². The average molecular weight is 251 g/mol. The Kier molecular flexibility index (Phi) is 6.57. The number of nitrogens with two attached hydrogens (primary N) is 1. The second-order valence-corrected chi connectivity index (χ2v) is 4.47. The van der Waals surface area contributed by atoms with Gasteiger partial charge in [0.15, 0.2) is 0 Å². The number of rotatable bonds is 8. The minimum atomic E-state index is 0.578. The molecule has 3 N–H and O–H groups in total. The zero-order valence-electron chi connectivity index (χ0n) is 11.7. The molecule has 18 heavy (non-hydrogen) atoms. The Labute approximate surface area is 110 Å². The van der Waals surface area contributed by atoms with Crippen LogP contribution in [0.5, 0.6) is 0 Å². The fourth-order valence-corrected chi connectivity index (χ4v) is 1.93. The average Bonchev–Trinajstić information content (AvgIpc) is 2.42. The molecule has 0 amide bonds. The lowest BCUT2D eigenvalue weighted by Crippen LogP contribution is -2.19. The van der Waals surface area contributed by atoms with Crippen molar-refractivity contribution in [2.24, 2.45) is 11.7 Å². The summed E-state index contributed by atoms with van der Waals surface area (Å²) >= 11 is 0. The van der Waals surface area contributed by atoms with E-state index in [2.05, 4.69) is 41.3 Å². The van der Waals surface area contributed by atoms with Gasteiger partial charge in [-0.3, -0.25) is 0 Å². The normalized spacial score (nSPS) is 12.4. The summed E-state index contributed by atoms with van der Waals surface area (Å²) in [5.41, 5.74) is 7.63. The van der Waals surface area contributed by atoms with Gasteiger partial charge in [0, 0.05) is 6.54 Å². The van der Waals surface area contributed by atoms with Crippen LogP contribution in [0.25, 0.3) is 0 Å². The van der Waals surface area contributed by atoms with E-state index in [0.29, 0.717) is 11.9 Å². The molecule has 5 heteroatoms. The second-order valence-electron chi connectivity index (χ2n) is 4.47. The van der Waals surface area contributed by atoms with Gasteiger partial charge in [0.1, 0.15) is 0 Å². The fraction of sp³-hybridized carbons (Fsp3) is 0.769. The van der Waals surface area contributed by atoms with Crippen molar-refractivity contribution in [3.8, 4) is 0 Å². The van der Waals surface area contributed by atoms with E-state index >= 15 is 0 Å². The summed E-state index contributed by atoms with van der Waals surface area (Å²) in [6, 6.07) is 0. The Morgan fingerprint density at radius 3 is 2.39 bits per heavy atom. The van der Waals surface area contributed by atoms with Gasteiger partial charge in [-0.2, -0.15) is 5.10 Å². The number of anilines is 1. The Morgan fingerprint density at radius 2 is 1.83 bits per heavy atom. The van der Waals surface area contributed by atoms with Crippen molar-refractivity contribution in [3.05, 3.63) is 11.4 Å². The maximum absolute atomic E-state index is 5.59. The number of hydrogen-bond donors (Lipinski definition) is 2. The summed E-state index contributed by atoms with van der Waals surface area (Å²) in [5, 5.41) is 11.6. The molecular weight excluding hydrogens is 226 g/mol. The van der Waals surface area contributed by atoms with Gasteiger partial charge in [0.25, 0.3) is 0 Å². The summed E-state index contributed by atoms with van der Waals surface area (Å²) in [7, 11) is 0. The molecule has 1 atom stereocenters. The standard InChI is InChI=1S/C13H25N5/c1-4-10(7-8-14)9-15-13-16-11(5-2)12(6-3)17-18-13/h10H,4-9,14H2,1-3H3,(H,15,16,18). The summed E-state index contributed by atoms with van der Waals surface area (Å²) in [4.78, 5) is 4.51. The molecular formula is C13H25N5. The van der Waals surface area contributed by atoms with Gasteiger partial charge in [0.05, 0.1) is 11.4 Å². The van der Waals surface area contributed by atoms with Gasteiger partial charge < -0.3 is 11.1 Å². The monoisotopic (exact) mass is 251 g/mol. The van der Waals surface area contributed by atoms with Gasteiger partial charge in [-0.15, -0.1) is 5.10 Å². The van der Waals surface area contributed by atoms with Crippen molar-refractivity contribution in [3.63, 3.8) is 0 Å². The molecule has 1 aromatic rings. The van der Waals surface area contributed by atoms with E-state index in [1.165, 1.54) is 0 Å². The van der Waals surface area contributed by atoms with Crippen LogP contribution >= 0.6 is 0 Å². The molecule has 0 aromatic carbocycles. The van der Waals surface area contributed by atoms with E-state index in [1.807, 2.05) is 0 Å². The van der Waals surface area contributed by atoms with Gasteiger partial charge in [-0.25, -0.2) is 4.98 Å². The van der Waals surface area contributed by atoms with Gasteiger partial charge in [0.2, 0.25) is 5.95 Å². The molecule has 0 saturated heterocycles. The highest BCUT2D eigenvalue weighted by Gasteiger charge is 2.08. The van der Waals surface area contributed by atoms with Crippen LogP contribution in [-0.2, 0) is 12.8 Å². The molecule has 102 valence electrons. The molecule has 1 aromatic heterocycles. The Hall–Kier alpha value is -1.23. The lowest BCUT2D eigenvalue weighted by Gasteiger charge is -2.14. The third-order valence-corrected chi connectivity index (χ3v) is 3.21. The van der Waals surface area contributed by atoms with E-state index in [-0.39, 0.29) is 0 Å². The van der Waals surface area contributed by atoms with Crippen LogP contribution in [0, 0.1) is 5.92 Å². The number of nitrogens with zero attached hydrogens (tertiary/aromatic N) is 3.